The lowest BCUT2D eigenvalue weighted by atomic mass is 9.79. The number of rotatable bonds is 4. The zero-order valence-electron chi connectivity index (χ0n) is 17.4. The van der Waals surface area contributed by atoms with Crippen LogP contribution in [0.1, 0.15) is 57.8 Å². The largest absolute Gasteiger partial charge is 0.256 e. The van der Waals surface area contributed by atoms with E-state index in [4.69, 9.17) is 4.98 Å². The van der Waals surface area contributed by atoms with Crippen LogP contribution in [0.15, 0.2) is 36.2 Å². The summed E-state index contributed by atoms with van der Waals surface area (Å²) >= 11 is 0. The minimum atomic E-state index is -3.05. The molecule has 0 saturated heterocycles. The van der Waals surface area contributed by atoms with Crippen LogP contribution in [0.4, 0.5) is 0 Å². The number of pyridine rings is 1. The fourth-order valence-corrected chi connectivity index (χ4v) is 5.71. The van der Waals surface area contributed by atoms with E-state index in [2.05, 4.69) is 16.0 Å². The van der Waals surface area contributed by atoms with Crippen LogP contribution >= 0.6 is 0 Å². The maximum atomic E-state index is 12.5. The second-order valence-corrected chi connectivity index (χ2v) is 12.1. The molecule has 0 aromatic carbocycles. The number of hydrogen-bond acceptors (Lipinski definition) is 5. The van der Waals surface area contributed by atoms with Crippen molar-refractivity contribution in [2.24, 2.45) is 11.8 Å². The fraction of sp³-hybridized carbons (Fsp3) is 0.522. The Balaban J connectivity index is 1.41. The molecule has 0 unspecified atom stereocenters. The molecule has 5 nitrogen and oxygen atoms in total. The van der Waals surface area contributed by atoms with Crippen LogP contribution < -0.4 is 0 Å². The Morgan fingerprint density at radius 3 is 2.45 bits per heavy atom. The van der Waals surface area contributed by atoms with Crippen molar-refractivity contribution in [3.05, 3.63) is 47.6 Å². The standard InChI is InChI=1S/C23H29N3O2S/c1-23(2,3)29(27,28)15-16-7-9-17(10-8-16)18-12-20-21(13-18)26-22(14-25-20)19-6-4-5-11-24-19/h4-6,11,13-14,16-17H,7-10,12,15H2,1-3H3. The first-order valence-corrected chi connectivity index (χ1v) is 12.1. The number of allylic oxidation sites excluding steroid dienone is 1. The van der Waals surface area contributed by atoms with E-state index < -0.39 is 14.6 Å². The van der Waals surface area contributed by atoms with Gasteiger partial charge in [-0.15, -0.1) is 0 Å². The van der Waals surface area contributed by atoms with Crippen LogP contribution in [-0.2, 0) is 16.3 Å². The van der Waals surface area contributed by atoms with Crippen LogP contribution in [0.3, 0.4) is 0 Å². The molecule has 6 heteroatoms. The van der Waals surface area contributed by atoms with E-state index in [0.717, 1.165) is 54.9 Å². The highest BCUT2D eigenvalue weighted by Crippen LogP contribution is 2.39. The molecule has 0 atom stereocenters. The molecule has 0 amide bonds. The Kier molecular flexibility index (Phi) is 5.32. The van der Waals surface area contributed by atoms with E-state index in [-0.39, 0.29) is 5.92 Å². The average molecular weight is 412 g/mol. The molecule has 1 saturated carbocycles. The van der Waals surface area contributed by atoms with Gasteiger partial charge in [-0.2, -0.15) is 0 Å². The predicted molar refractivity (Wildman–Crippen MR) is 116 cm³/mol. The van der Waals surface area contributed by atoms with Gasteiger partial charge in [0.05, 0.1) is 33.8 Å². The number of nitrogens with zero attached hydrogens (tertiary/aromatic N) is 3. The summed E-state index contributed by atoms with van der Waals surface area (Å²) < 4.78 is 24.4. The minimum Gasteiger partial charge on any atom is -0.256 e. The summed E-state index contributed by atoms with van der Waals surface area (Å²) in [5.74, 6) is 1.11. The molecule has 2 aliphatic carbocycles. The normalized spacial score (nSPS) is 22.2. The molecular weight excluding hydrogens is 382 g/mol. The Morgan fingerprint density at radius 2 is 1.79 bits per heavy atom. The summed E-state index contributed by atoms with van der Waals surface area (Å²) in [7, 11) is -3.05. The molecule has 154 valence electrons. The highest BCUT2D eigenvalue weighted by atomic mass is 32.2. The van der Waals surface area contributed by atoms with Gasteiger partial charge in [0.25, 0.3) is 0 Å². The van der Waals surface area contributed by atoms with Crippen molar-refractivity contribution in [3.8, 4) is 11.4 Å². The lowest BCUT2D eigenvalue weighted by Crippen LogP contribution is -2.34. The van der Waals surface area contributed by atoms with Gasteiger partial charge in [0.1, 0.15) is 5.69 Å². The molecule has 2 aromatic heterocycles. The molecule has 29 heavy (non-hydrogen) atoms. The summed E-state index contributed by atoms with van der Waals surface area (Å²) in [6, 6.07) is 5.80. The topological polar surface area (TPSA) is 72.8 Å². The second-order valence-electron chi connectivity index (χ2n) is 9.31. The Bertz CT molecular complexity index is 1020. The summed E-state index contributed by atoms with van der Waals surface area (Å²) in [6.45, 7) is 5.40. The molecule has 0 spiro atoms. The molecule has 2 heterocycles. The van der Waals surface area contributed by atoms with Gasteiger partial charge in [0, 0.05) is 12.6 Å². The number of fused-ring (bicyclic) bond motifs is 1. The third kappa shape index (κ3) is 4.27. The molecule has 4 rings (SSSR count). The highest BCUT2D eigenvalue weighted by Gasteiger charge is 2.34. The van der Waals surface area contributed by atoms with Crippen LogP contribution in [0, 0.1) is 11.8 Å². The van der Waals surface area contributed by atoms with Crippen molar-refractivity contribution in [1.29, 1.82) is 0 Å². The first kappa shape index (κ1) is 20.2. The molecule has 0 aliphatic heterocycles. The quantitative estimate of drug-likeness (QED) is 0.741. The van der Waals surface area contributed by atoms with Crippen molar-refractivity contribution in [2.45, 2.75) is 57.6 Å². The lowest BCUT2D eigenvalue weighted by Gasteiger charge is -2.31. The predicted octanol–water partition coefficient (Wildman–Crippen LogP) is 4.50. The van der Waals surface area contributed by atoms with Crippen LogP contribution in [0.25, 0.3) is 17.5 Å². The van der Waals surface area contributed by atoms with E-state index in [1.807, 2.05) is 24.4 Å². The average Bonchev–Trinajstić information content (AvgIpc) is 3.11. The first-order chi connectivity index (χ1) is 13.7. The maximum absolute atomic E-state index is 12.5. The summed E-state index contributed by atoms with van der Waals surface area (Å²) in [5.41, 5.74) is 5.04. The van der Waals surface area contributed by atoms with Crippen molar-refractivity contribution < 1.29 is 8.42 Å². The van der Waals surface area contributed by atoms with Gasteiger partial charge in [-0.05, 0) is 76.5 Å². The van der Waals surface area contributed by atoms with Gasteiger partial charge in [-0.3, -0.25) is 9.97 Å². The summed E-state index contributed by atoms with van der Waals surface area (Å²) in [5, 5.41) is 0. The van der Waals surface area contributed by atoms with Gasteiger partial charge in [0.2, 0.25) is 0 Å². The van der Waals surface area contributed by atoms with Crippen molar-refractivity contribution in [2.75, 3.05) is 5.75 Å². The molecule has 0 N–H and O–H groups in total. The highest BCUT2D eigenvalue weighted by molar-refractivity contribution is 7.92. The second kappa shape index (κ2) is 7.63. The van der Waals surface area contributed by atoms with Crippen LogP contribution in [0.5, 0.6) is 0 Å². The van der Waals surface area contributed by atoms with E-state index in [1.54, 1.807) is 27.0 Å². The Labute approximate surface area is 173 Å². The summed E-state index contributed by atoms with van der Waals surface area (Å²) in [4.78, 5) is 13.8. The molecule has 0 bridgehead atoms. The monoisotopic (exact) mass is 411 g/mol. The SMILES string of the molecule is CC(C)(C)S(=O)(=O)CC1CCC(C2=Cc3nc(-c4ccccn4)cnc3C2)CC1. The van der Waals surface area contributed by atoms with E-state index in [9.17, 15) is 8.42 Å². The van der Waals surface area contributed by atoms with E-state index >= 15 is 0 Å². The molecule has 2 aromatic rings. The minimum absolute atomic E-state index is 0.284. The number of hydrogen-bond donors (Lipinski definition) is 0. The zero-order valence-corrected chi connectivity index (χ0v) is 18.2. The van der Waals surface area contributed by atoms with E-state index in [0.29, 0.717) is 11.7 Å². The van der Waals surface area contributed by atoms with Crippen LogP contribution in [-0.4, -0.2) is 33.9 Å². The smallest absolute Gasteiger partial charge is 0.155 e. The van der Waals surface area contributed by atoms with Crippen molar-refractivity contribution >= 4 is 15.9 Å². The third-order valence-corrected chi connectivity index (χ3v) is 9.04. The molecule has 1 fully saturated rings. The number of aromatic nitrogens is 3. The maximum Gasteiger partial charge on any atom is 0.155 e. The Morgan fingerprint density at radius 1 is 1.03 bits per heavy atom. The van der Waals surface area contributed by atoms with Gasteiger partial charge in [-0.1, -0.05) is 11.6 Å². The van der Waals surface area contributed by atoms with Gasteiger partial charge in [-0.25, -0.2) is 13.4 Å². The Hall–Kier alpha value is -2.08. The number of sulfone groups is 1. The molecular formula is C23H29N3O2S. The van der Waals surface area contributed by atoms with Gasteiger partial charge >= 0.3 is 0 Å². The molecule has 2 aliphatic rings. The summed E-state index contributed by atoms with van der Waals surface area (Å²) in [6.07, 6.45) is 10.7. The van der Waals surface area contributed by atoms with Crippen molar-refractivity contribution in [3.63, 3.8) is 0 Å². The zero-order chi connectivity index (χ0) is 20.6. The van der Waals surface area contributed by atoms with Crippen LogP contribution in [0.2, 0.25) is 0 Å². The van der Waals surface area contributed by atoms with E-state index in [1.165, 1.54) is 5.57 Å². The van der Waals surface area contributed by atoms with Gasteiger partial charge in [0.15, 0.2) is 9.84 Å². The lowest BCUT2D eigenvalue weighted by molar-refractivity contribution is 0.319. The third-order valence-electron chi connectivity index (χ3n) is 6.26. The van der Waals surface area contributed by atoms with Crippen molar-refractivity contribution in [1.82, 2.24) is 15.0 Å². The fourth-order valence-electron chi connectivity index (χ4n) is 4.26. The van der Waals surface area contributed by atoms with Gasteiger partial charge < -0.3 is 0 Å². The first-order valence-electron chi connectivity index (χ1n) is 10.4. The molecule has 0 radical (unpaired) electrons.